The lowest BCUT2D eigenvalue weighted by molar-refractivity contribution is -0.920. The highest BCUT2D eigenvalue weighted by Crippen LogP contribution is 2.27. The molecule has 1 N–H and O–H groups in total. The maximum absolute atomic E-state index is 12.6. The summed E-state index contributed by atoms with van der Waals surface area (Å²) >= 11 is 0. The van der Waals surface area contributed by atoms with Crippen LogP contribution in [-0.2, 0) is 6.42 Å². The van der Waals surface area contributed by atoms with Gasteiger partial charge < -0.3 is 14.5 Å². The number of hydrogen-bond acceptors (Lipinski definition) is 2. The van der Waals surface area contributed by atoms with Crippen molar-refractivity contribution in [3.8, 4) is 5.75 Å². The predicted molar refractivity (Wildman–Crippen MR) is 110 cm³/mol. The van der Waals surface area contributed by atoms with Gasteiger partial charge in [0.2, 0.25) is 0 Å². The molecule has 27 heavy (non-hydrogen) atoms. The Balaban J connectivity index is 1.67. The molecule has 0 aliphatic carbocycles. The Kier molecular flexibility index (Phi) is 6.17. The summed E-state index contributed by atoms with van der Waals surface area (Å²) in [5.41, 5.74) is 2.76. The van der Waals surface area contributed by atoms with E-state index in [0.29, 0.717) is 11.6 Å². The third kappa shape index (κ3) is 4.89. The number of likely N-dealkylation sites (tertiary alicyclic amines) is 1. The minimum Gasteiger partial charge on any atom is -0.497 e. The van der Waals surface area contributed by atoms with E-state index in [1.54, 1.807) is 19.2 Å². The van der Waals surface area contributed by atoms with Crippen LogP contribution in [0.1, 0.15) is 41.6 Å². The number of quaternary nitrogens is 1. The van der Waals surface area contributed by atoms with Crippen LogP contribution in [0.4, 0.5) is 5.69 Å². The highest BCUT2D eigenvalue weighted by atomic mass is 16.5. The first-order valence-corrected chi connectivity index (χ1v) is 9.85. The van der Waals surface area contributed by atoms with E-state index in [1.165, 1.54) is 31.4 Å². The number of hydrogen-bond donors (Lipinski definition) is 1. The van der Waals surface area contributed by atoms with E-state index < -0.39 is 0 Å². The van der Waals surface area contributed by atoms with Gasteiger partial charge in [0.1, 0.15) is 5.75 Å². The summed E-state index contributed by atoms with van der Waals surface area (Å²) in [4.78, 5) is 12.6. The van der Waals surface area contributed by atoms with Crippen molar-refractivity contribution in [2.45, 2.75) is 38.1 Å². The van der Waals surface area contributed by atoms with Gasteiger partial charge in [0, 0.05) is 17.7 Å². The minimum absolute atomic E-state index is 0.0844. The van der Waals surface area contributed by atoms with Crippen LogP contribution >= 0.6 is 0 Å². The van der Waals surface area contributed by atoms with Gasteiger partial charge in [0.15, 0.2) is 0 Å². The van der Waals surface area contributed by atoms with Crippen LogP contribution in [0.25, 0.3) is 0 Å². The lowest BCUT2D eigenvalue weighted by atomic mass is 9.94. The lowest BCUT2D eigenvalue weighted by Gasteiger charge is -2.41. The number of aryl methyl sites for hydroxylation is 1. The molecule has 0 bridgehead atoms. The maximum Gasteiger partial charge on any atom is 0.255 e. The molecule has 2 aromatic carbocycles. The van der Waals surface area contributed by atoms with Crippen molar-refractivity contribution in [3.63, 3.8) is 0 Å². The van der Waals surface area contributed by atoms with Gasteiger partial charge in [-0.3, -0.25) is 4.79 Å². The zero-order chi connectivity index (χ0) is 19.3. The molecule has 2 aromatic rings. The topological polar surface area (TPSA) is 38.3 Å². The summed E-state index contributed by atoms with van der Waals surface area (Å²) in [7, 11) is 6.32. The number of anilines is 1. The fourth-order valence-corrected chi connectivity index (χ4v) is 4.04. The fourth-order valence-electron chi connectivity index (χ4n) is 4.04. The predicted octanol–water partition coefficient (Wildman–Crippen LogP) is 4.51. The van der Waals surface area contributed by atoms with Crippen LogP contribution in [0, 0.1) is 0 Å². The van der Waals surface area contributed by atoms with E-state index in [-0.39, 0.29) is 5.91 Å². The van der Waals surface area contributed by atoms with E-state index in [2.05, 4.69) is 31.5 Å². The Hall–Kier alpha value is -2.33. The first kappa shape index (κ1) is 19.4. The van der Waals surface area contributed by atoms with E-state index in [0.717, 1.165) is 28.8 Å². The van der Waals surface area contributed by atoms with E-state index in [1.807, 2.05) is 24.3 Å². The van der Waals surface area contributed by atoms with Crippen molar-refractivity contribution in [1.29, 1.82) is 0 Å². The molecule has 1 aliphatic rings. The quantitative estimate of drug-likeness (QED) is 0.763. The van der Waals surface area contributed by atoms with Gasteiger partial charge in [-0.15, -0.1) is 0 Å². The number of carbonyl (C=O) groups is 1. The summed E-state index contributed by atoms with van der Waals surface area (Å²) in [6.45, 7) is 1.26. The SMILES string of the molecule is COc1ccc(C(=O)Nc2ccccc2CCC2CCCC[N+]2(C)C)cc1. The summed E-state index contributed by atoms with van der Waals surface area (Å²) in [6, 6.07) is 16.1. The Morgan fingerprint density at radius 1 is 1.11 bits per heavy atom. The molecule has 3 rings (SSSR count). The highest BCUT2D eigenvalue weighted by molar-refractivity contribution is 6.04. The molecule has 4 nitrogen and oxygen atoms in total. The second-order valence-corrected chi connectivity index (χ2v) is 8.03. The maximum atomic E-state index is 12.6. The number of nitrogens with zero attached hydrogens (tertiary/aromatic N) is 1. The van der Waals surface area contributed by atoms with Gasteiger partial charge in [-0.05, 0) is 61.6 Å². The Labute approximate surface area is 162 Å². The Bertz CT molecular complexity index is 768. The molecular weight excluding hydrogens is 336 g/mol. The van der Waals surface area contributed by atoms with Crippen molar-refractivity contribution in [2.75, 3.05) is 33.1 Å². The molecule has 1 aliphatic heterocycles. The van der Waals surface area contributed by atoms with Crippen LogP contribution in [0.5, 0.6) is 5.75 Å². The zero-order valence-electron chi connectivity index (χ0n) is 16.7. The number of piperidine rings is 1. The normalized spacial score (nSPS) is 18.7. The molecule has 1 saturated heterocycles. The molecular formula is C23H31N2O2+. The van der Waals surface area contributed by atoms with Crippen LogP contribution in [0.15, 0.2) is 48.5 Å². The average Bonchev–Trinajstić information content (AvgIpc) is 2.68. The number of ether oxygens (including phenoxy) is 1. The second-order valence-electron chi connectivity index (χ2n) is 8.03. The Morgan fingerprint density at radius 3 is 2.56 bits per heavy atom. The molecule has 1 amide bonds. The highest BCUT2D eigenvalue weighted by Gasteiger charge is 2.30. The van der Waals surface area contributed by atoms with Gasteiger partial charge in [-0.2, -0.15) is 0 Å². The van der Waals surface area contributed by atoms with Crippen LogP contribution in [0.3, 0.4) is 0 Å². The van der Waals surface area contributed by atoms with Gasteiger partial charge in [0.25, 0.3) is 5.91 Å². The number of rotatable bonds is 6. The molecule has 0 saturated carbocycles. The van der Waals surface area contributed by atoms with Crippen molar-refractivity contribution in [1.82, 2.24) is 0 Å². The van der Waals surface area contributed by atoms with E-state index in [4.69, 9.17) is 4.74 Å². The number of para-hydroxylation sites is 1. The molecule has 144 valence electrons. The lowest BCUT2D eigenvalue weighted by Crippen LogP contribution is -2.52. The Morgan fingerprint density at radius 2 is 1.85 bits per heavy atom. The van der Waals surface area contributed by atoms with E-state index in [9.17, 15) is 4.79 Å². The van der Waals surface area contributed by atoms with Crippen molar-refractivity contribution < 1.29 is 14.0 Å². The molecule has 1 unspecified atom stereocenters. The molecule has 0 radical (unpaired) electrons. The number of amides is 1. The molecule has 0 spiro atoms. The monoisotopic (exact) mass is 367 g/mol. The minimum atomic E-state index is -0.0844. The number of nitrogens with one attached hydrogen (secondary N) is 1. The standard InChI is InChI=1S/C23H30N2O2/c1-25(2)17-7-6-9-20(25)14-11-18-8-4-5-10-22(18)24-23(26)19-12-15-21(27-3)16-13-19/h4-5,8,10,12-13,15-16,20H,6-7,9,11,14,17H2,1-3H3/p+1. The molecule has 4 heteroatoms. The largest absolute Gasteiger partial charge is 0.497 e. The van der Waals surface area contributed by atoms with Crippen molar-refractivity contribution in [3.05, 3.63) is 59.7 Å². The summed E-state index contributed by atoms with van der Waals surface area (Å²) < 4.78 is 6.27. The van der Waals surface area contributed by atoms with Gasteiger partial charge in [-0.25, -0.2) is 0 Å². The summed E-state index contributed by atoms with van der Waals surface area (Å²) in [6.07, 6.45) is 6.11. The number of carbonyl (C=O) groups excluding carboxylic acids is 1. The van der Waals surface area contributed by atoms with Crippen LogP contribution < -0.4 is 10.1 Å². The molecule has 1 fully saturated rings. The second kappa shape index (κ2) is 8.57. The van der Waals surface area contributed by atoms with Crippen molar-refractivity contribution >= 4 is 11.6 Å². The number of methoxy groups -OCH3 is 1. The van der Waals surface area contributed by atoms with Crippen LogP contribution in [0.2, 0.25) is 0 Å². The smallest absolute Gasteiger partial charge is 0.255 e. The first-order valence-electron chi connectivity index (χ1n) is 9.85. The van der Waals surface area contributed by atoms with Crippen LogP contribution in [-0.4, -0.2) is 44.2 Å². The molecule has 0 aromatic heterocycles. The van der Waals surface area contributed by atoms with Crippen molar-refractivity contribution in [2.24, 2.45) is 0 Å². The number of benzene rings is 2. The van der Waals surface area contributed by atoms with Gasteiger partial charge in [0.05, 0.1) is 33.8 Å². The third-order valence-electron chi connectivity index (χ3n) is 5.87. The van der Waals surface area contributed by atoms with Gasteiger partial charge >= 0.3 is 0 Å². The average molecular weight is 368 g/mol. The molecule has 1 atom stereocenters. The molecule has 1 heterocycles. The summed E-state index contributed by atoms with van der Waals surface area (Å²) in [5, 5.41) is 3.09. The third-order valence-corrected chi connectivity index (χ3v) is 5.87. The summed E-state index contributed by atoms with van der Waals surface area (Å²) in [5.74, 6) is 0.666. The zero-order valence-corrected chi connectivity index (χ0v) is 16.7. The van der Waals surface area contributed by atoms with E-state index >= 15 is 0 Å². The first-order chi connectivity index (χ1) is 13.0. The fraction of sp³-hybridized carbons (Fsp3) is 0.435. The van der Waals surface area contributed by atoms with Gasteiger partial charge in [-0.1, -0.05) is 18.2 Å².